The van der Waals surface area contributed by atoms with E-state index in [1.807, 2.05) is 0 Å². The Hall–Kier alpha value is -0.830. The van der Waals surface area contributed by atoms with E-state index in [1.165, 1.54) is 6.26 Å². The summed E-state index contributed by atoms with van der Waals surface area (Å²) in [6.45, 7) is 0.429. The van der Waals surface area contributed by atoms with Crippen LogP contribution < -0.4 is 0 Å². The Balaban J connectivity index is 2.33. The molecule has 0 saturated heterocycles. The van der Waals surface area contributed by atoms with Crippen molar-refractivity contribution in [2.24, 2.45) is 0 Å². The van der Waals surface area contributed by atoms with Crippen LogP contribution in [0.3, 0.4) is 0 Å². The molecule has 44 valence electrons. The van der Waals surface area contributed by atoms with Gasteiger partial charge in [-0.05, 0) is 0 Å². The second-order valence-corrected chi connectivity index (χ2v) is 1.51. The Bertz CT molecular complexity index is 117. The zero-order valence-electron chi connectivity index (χ0n) is 4.29. The summed E-state index contributed by atoms with van der Waals surface area (Å²) in [4.78, 5) is 18.7. The lowest BCUT2D eigenvalue weighted by molar-refractivity contribution is -0.221. The Morgan fingerprint density at radius 2 is 2.75 bits per heavy atom. The van der Waals surface area contributed by atoms with Crippen molar-refractivity contribution in [3.8, 4) is 0 Å². The maximum atomic E-state index is 9.81. The van der Waals surface area contributed by atoms with E-state index in [2.05, 4.69) is 9.78 Å². The minimum atomic E-state index is 0.417. The third kappa shape index (κ3) is 1.07. The van der Waals surface area contributed by atoms with Crippen LogP contribution in [-0.2, 0) is 14.6 Å². The summed E-state index contributed by atoms with van der Waals surface area (Å²) < 4.78 is 0. The molecule has 1 aliphatic heterocycles. The fraction of sp³-hybridized carbons (Fsp3) is 0.400. The van der Waals surface area contributed by atoms with Crippen molar-refractivity contribution in [2.75, 3.05) is 6.61 Å². The molecular formula is C5H6O3. The molecule has 3 heteroatoms. The van der Waals surface area contributed by atoms with Crippen LogP contribution in [0.2, 0.25) is 0 Å². The van der Waals surface area contributed by atoms with Crippen LogP contribution >= 0.6 is 0 Å². The highest BCUT2D eigenvalue weighted by Gasteiger charge is 2.03. The molecule has 1 aliphatic rings. The Kier molecular flexibility index (Phi) is 1.64. The van der Waals surface area contributed by atoms with Gasteiger partial charge in [-0.15, -0.1) is 0 Å². The van der Waals surface area contributed by atoms with E-state index in [9.17, 15) is 4.79 Å². The molecule has 0 atom stereocenters. The van der Waals surface area contributed by atoms with Gasteiger partial charge in [0.25, 0.3) is 0 Å². The van der Waals surface area contributed by atoms with Crippen molar-refractivity contribution in [1.82, 2.24) is 0 Å². The molecule has 0 amide bonds. The predicted octanol–water partition coefficient (Wildman–Crippen LogP) is 0.421. The van der Waals surface area contributed by atoms with Crippen LogP contribution in [0.15, 0.2) is 11.8 Å². The average molecular weight is 114 g/mol. The summed E-state index contributed by atoms with van der Waals surface area (Å²) >= 11 is 0. The van der Waals surface area contributed by atoms with E-state index < -0.39 is 0 Å². The van der Waals surface area contributed by atoms with E-state index in [0.29, 0.717) is 13.0 Å². The third-order valence-corrected chi connectivity index (χ3v) is 0.873. The molecule has 1 heterocycles. The van der Waals surface area contributed by atoms with E-state index in [0.717, 1.165) is 11.9 Å². The predicted molar refractivity (Wildman–Crippen MR) is 25.8 cm³/mol. The lowest BCUT2D eigenvalue weighted by Crippen LogP contribution is -1.86. The van der Waals surface area contributed by atoms with Gasteiger partial charge >= 0.3 is 0 Å². The van der Waals surface area contributed by atoms with Crippen molar-refractivity contribution in [3.05, 3.63) is 11.8 Å². The van der Waals surface area contributed by atoms with Gasteiger partial charge in [0.2, 0.25) is 0 Å². The summed E-state index contributed by atoms with van der Waals surface area (Å²) in [7, 11) is 0. The standard InChI is InChI=1S/C5H6O3/c6-2-1-5-3-7-8-4-5/h2-3H,1,4H2. The zero-order chi connectivity index (χ0) is 5.82. The summed E-state index contributed by atoms with van der Waals surface area (Å²) in [5, 5.41) is 0. The van der Waals surface area contributed by atoms with Gasteiger partial charge in [0.1, 0.15) is 19.2 Å². The normalized spacial score (nSPS) is 17.2. The molecule has 1 rings (SSSR count). The smallest absolute Gasteiger partial charge is 0.131 e. The third-order valence-electron chi connectivity index (χ3n) is 0.873. The van der Waals surface area contributed by atoms with Crippen molar-refractivity contribution in [1.29, 1.82) is 0 Å². The minimum absolute atomic E-state index is 0.417. The van der Waals surface area contributed by atoms with Gasteiger partial charge in [0, 0.05) is 12.0 Å². The first-order valence-corrected chi connectivity index (χ1v) is 2.33. The number of carbonyl (C=O) groups is 1. The Labute approximate surface area is 46.8 Å². The molecule has 0 spiro atoms. The minimum Gasteiger partial charge on any atom is -0.345 e. The largest absolute Gasteiger partial charge is 0.345 e. The number of hydrogen-bond donors (Lipinski definition) is 0. The average Bonchev–Trinajstić information content (AvgIpc) is 2.19. The summed E-state index contributed by atoms with van der Waals surface area (Å²) in [5.74, 6) is 0. The van der Waals surface area contributed by atoms with Gasteiger partial charge in [0.05, 0.1) is 0 Å². The molecule has 0 aromatic carbocycles. The molecule has 0 aliphatic carbocycles. The van der Waals surface area contributed by atoms with Crippen molar-refractivity contribution < 1.29 is 14.6 Å². The SMILES string of the molecule is O=CCC1=COOC1. The maximum Gasteiger partial charge on any atom is 0.131 e. The number of carbonyl (C=O) groups excluding carboxylic acids is 1. The molecule has 0 radical (unpaired) electrons. The fourth-order valence-corrected chi connectivity index (χ4v) is 0.460. The van der Waals surface area contributed by atoms with Crippen molar-refractivity contribution in [2.45, 2.75) is 6.42 Å². The van der Waals surface area contributed by atoms with Crippen molar-refractivity contribution in [3.63, 3.8) is 0 Å². The first-order valence-electron chi connectivity index (χ1n) is 2.33. The molecule has 0 bridgehead atoms. The van der Waals surface area contributed by atoms with Gasteiger partial charge < -0.3 is 9.68 Å². The lowest BCUT2D eigenvalue weighted by atomic mass is 10.2. The van der Waals surface area contributed by atoms with Crippen LogP contribution in [0.5, 0.6) is 0 Å². The summed E-state index contributed by atoms with van der Waals surface area (Å²) in [6, 6.07) is 0. The van der Waals surface area contributed by atoms with Gasteiger partial charge in [-0.25, -0.2) is 0 Å². The van der Waals surface area contributed by atoms with Crippen LogP contribution in [0.1, 0.15) is 6.42 Å². The molecular weight excluding hydrogens is 108 g/mol. The van der Waals surface area contributed by atoms with E-state index >= 15 is 0 Å². The van der Waals surface area contributed by atoms with Crippen LogP contribution in [0.4, 0.5) is 0 Å². The second kappa shape index (κ2) is 2.47. The molecule has 0 aromatic rings. The van der Waals surface area contributed by atoms with Crippen LogP contribution in [-0.4, -0.2) is 12.9 Å². The molecule has 0 saturated carbocycles. The maximum absolute atomic E-state index is 9.81. The lowest BCUT2D eigenvalue weighted by Gasteiger charge is -1.84. The fourth-order valence-electron chi connectivity index (χ4n) is 0.460. The second-order valence-electron chi connectivity index (χ2n) is 1.51. The van der Waals surface area contributed by atoms with E-state index in [-0.39, 0.29) is 0 Å². The quantitative estimate of drug-likeness (QED) is 0.385. The molecule has 3 nitrogen and oxygen atoms in total. The summed E-state index contributed by atoms with van der Waals surface area (Å²) in [5.41, 5.74) is 0.889. The van der Waals surface area contributed by atoms with Crippen LogP contribution in [0, 0.1) is 0 Å². The molecule has 8 heavy (non-hydrogen) atoms. The zero-order valence-corrected chi connectivity index (χ0v) is 4.29. The Morgan fingerprint density at radius 3 is 3.25 bits per heavy atom. The highest BCUT2D eigenvalue weighted by atomic mass is 17.2. The molecule has 0 N–H and O–H groups in total. The van der Waals surface area contributed by atoms with Gasteiger partial charge in [-0.3, -0.25) is 0 Å². The number of rotatable bonds is 2. The first-order chi connectivity index (χ1) is 3.93. The van der Waals surface area contributed by atoms with Crippen LogP contribution in [0.25, 0.3) is 0 Å². The number of hydrogen-bond acceptors (Lipinski definition) is 3. The van der Waals surface area contributed by atoms with E-state index in [4.69, 9.17) is 0 Å². The van der Waals surface area contributed by atoms with Crippen molar-refractivity contribution >= 4 is 6.29 Å². The van der Waals surface area contributed by atoms with Gasteiger partial charge in [-0.1, -0.05) is 0 Å². The highest BCUT2D eigenvalue weighted by molar-refractivity contribution is 5.54. The topological polar surface area (TPSA) is 35.5 Å². The molecule has 0 unspecified atom stereocenters. The van der Waals surface area contributed by atoms with Gasteiger partial charge in [0.15, 0.2) is 0 Å². The molecule has 0 aromatic heterocycles. The number of aldehydes is 1. The first kappa shape index (κ1) is 5.31. The highest BCUT2D eigenvalue weighted by Crippen LogP contribution is 2.07. The van der Waals surface area contributed by atoms with E-state index in [1.54, 1.807) is 0 Å². The van der Waals surface area contributed by atoms with Gasteiger partial charge in [-0.2, -0.15) is 4.89 Å². The molecule has 0 fully saturated rings. The monoisotopic (exact) mass is 114 g/mol. The summed E-state index contributed by atoms with van der Waals surface area (Å²) in [6.07, 6.45) is 2.69. The Morgan fingerprint density at radius 1 is 1.88 bits per heavy atom.